The highest BCUT2D eigenvalue weighted by atomic mass is 32.1. The van der Waals surface area contributed by atoms with Crippen LogP contribution in [0.25, 0.3) is 22.4 Å². The van der Waals surface area contributed by atoms with E-state index in [1.807, 2.05) is 80.6 Å². The Morgan fingerprint density at radius 1 is 0.844 bits per heavy atom. The number of ether oxygens (including phenoxy) is 2. The second-order valence-electron chi connectivity index (χ2n) is 7.31. The van der Waals surface area contributed by atoms with E-state index >= 15 is 0 Å². The number of nitrogens with one attached hydrogen (secondary N) is 1. The van der Waals surface area contributed by atoms with E-state index in [1.54, 1.807) is 14.2 Å². The van der Waals surface area contributed by atoms with E-state index in [1.165, 1.54) is 11.3 Å². The van der Waals surface area contributed by atoms with Crippen LogP contribution in [-0.4, -0.2) is 25.1 Å². The number of carbonyl (C=O) groups is 1. The molecule has 5 nitrogen and oxygen atoms in total. The number of rotatable bonds is 6. The molecule has 0 aliphatic carbocycles. The van der Waals surface area contributed by atoms with Crippen LogP contribution < -0.4 is 14.8 Å². The minimum atomic E-state index is -0.173. The summed E-state index contributed by atoms with van der Waals surface area (Å²) in [6, 6.07) is 21.3. The molecule has 0 spiro atoms. The zero-order valence-corrected chi connectivity index (χ0v) is 19.2. The Balaban J connectivity index is 1.58. The summed E-state index contributed by atoms with van der Waals surface area (Å²) < 4.78 is 10.5. The zero-order chi connectivity index (χ0) is 22.7. The van der Waals surface area contributed by atoms with Crippen molar-refractivity contribution >= 4 is 22.4 Å². The molecule has 1 amide bonds. The summed E-state index contributed by atoms with van der Waals surface area (Å²) in [7, 11) is 3.29. The molecule has 1 N–H and O–H groups in total. The van der Waals surface area contributed by atoms with Crippen LogP contribution in [-0.2, 0) is 0 Å². The molecule has 0 unspecified atom stereocenters. The molecular formula is C26H24N2O3S. The quantitative estimate of drug-likeness (QED) is 0.376. The third kappa shape index (κ3) is 4.36. The zero-order valence-electron chi connectivity index (χ0n) is 18.4. The lowest BCUT2D eigenvalue weighted by atomic mass is 9.96. The third-order valence-electron chi connectivity index (χ3n) is 5.36. The molecule has 0 fully saturated rings. The predicted molar refractivity (Wildman–Crippen MR) is 130 cm³/mol. The molecule has 0 aliphatic heterocycles. The molecule has 1 aromatic heterocycles. The Morgan fingerprint density at radius 3 is 2.03 bits per heavy atom. The maximum atomic E-state index is 13.1. The molecule has 0 atom stereocenters. The Labute approximate surface area is 191 Å². The Bertz CT molecular complexity index is 1250. The van der Waals surface area contributed by atoms with E-state index in [2.05, 4.69) is 10.3 Å². The van der Waals surface area contributed by atoms with Gasteiger partial charge in [-0.3, -0.25) is 10.1 Å². The highest BCUT2D eigenvalue weighted by Gasteiger charge is 2.16. The van der Waals surface area contributed by atoms with Crippen LogP contribution in [0.4, 0.5) is 5.13 Å². The number of aryl methyl sites for hydroxylation is 1. The molecule has 0 saturated heterocycles. The predicted octanol–water partition coefficient (Wildman–Crippen LogP) is 6.36. The van der Waals surface area contributed by atoms with E-state index < -0.39 is 0 Å². The molecule has 0 bridgehead atoms. The maximum Gasteiger partial charge on any atom is 0.257 e. The van der Waals surface area contributed by atoms with Crippen molar-refractivity contribution in [2.75, 3.05) is 19.5 Å². The molecule has 162 valence electrons. The molecule has 32 heavy (non-hydrogen) atoms. The van der Waals surface area contributed by atoms with Gasteiger partial charge in [0.1, 0.15) is 11.5 Å². The van der Waals surface area contributed by atoms with Crippen molar-refractivity contribution in [2.45, 2.75) is 13.8 Å². The van der Waals surface area contributed by atoms with E-state index in [4.69, 9.17) is 9.47 Å². The van der Waals surface area contributed by atoms with E-state index in [0.29, 0.717) is 10.7 Å². The van der Waals surface area contributed by atoms with Crippen molar-refractivity contribution in [3.63, 3.8) is 0 Å². The second kappa shape index (κ2) is 9.24. The summed E-state index contributed by atoms with van der Waals surface area (Å²) in [6.07, 6.45) is 0. The smallest absolute Gasteiger partial charge is 0.257 e. The summed E-state index contributed by atoms with van der Waals surface area (Å²) >= 11 is 1.46. The first kappa shape index (κ1) is 21.6. The summed E-state index contributed by atoms with van der Waals surface area (Å²) in [5, 5.41) is 3.55. The van der Waals surface area contributed by atoms with Crippen molar-refractivity contribution in [2.24, 2.45) is 0 Å². The van der Waals surface area contributed by atoms with Crippen molar-refractivity contribution in [3.05, 3.63) is 82.7 Å². The summed E-state index contributed by atoms with van der Waals surface area (Å²) in [6.45, 7) is 3.97. The maximum absolute atomic E-state index is 13.1. The normalized spacial score (nSPS) is 10.6. The molecule has 0 radical (unpaired) electrons. The minimum absolute atomic E-state index is 0.173. The number of benzene rings is 3. The topological polar surface area (TPSA) is 60.5 Å². The highest BCUT2D eigenvalue weighted by Crippen LogP contribution is 2.32. The highest BCUT2D eigenvalue weighted by molar-refractivity contribution is 7.16. The van der Waals surface area contributed by atoms with Crippen molar-refractivity contribution in [1.82, 2.24) is 4.98 Å². The minimum Gasteiger partial charge on any atom is -0.497 e. The molecule has 1 heterocycles. The van der Waals surface area contributed by atoms with Crippen molar-refractivity contribution in [1.29, 1.82) is 0 Å². The molecule has 3 aromatic carbocycles. The van der Waals surface area contributed by atoms with Gasteiger partial charge in [0.25, 0.3) is 5.91 Å². The third-order valence-corrected chi connectivity index (χ3v) is 6.25. The Hall–Kier alpha value is -3.64. The lowest BCUT2D eigenvalue weighted by molar-refractivity contribution is 0.102. The van der Waals surface area contributed by atoms with Crippen LogP contribution in [0.15, 0.2) is 66.7 Å². The van der Waals surface area contributed by atoms with Gasteiger partial charge in [0.2, 0.25) is 0 Å². The second-order valence-corrected chi connectivity index (χ2v) is 8.52. The Kier molecular flexibility index (Phi) is 6.23. The van der Waals surface area contributed by atoms with Crippen molar-refractivity contribution < 1.29 is 14.3 Å². The van der Waals surface area contributed by atoms with Crippen LogP contribution in [0.1, 0.15) is 20.8 Å². The van der Waals surface area contributed by atoms with E-state index in [-0.39, 0.29) is 5.91 Å². The van der Waals surface area contributed by atoms with Gasteiger partial charge in [0.05, 0.1) is 19.9 Å². The molecule has 6 heteroatoms. The lowest BCUT2D eigenvalue weighted by Gasteiger charge is -2.11. The van der Waals surface area contributed by atoms with Crippen LogP contribution in [0.3, 0.4) is 0 Å². The first-order valence-corrected chi connectivity index (χ1v) is 11.0. The fourth-order valence-electron chi connectivity index (χ4n) is 3.60. The van der Waals surface area contributed by atoms with Gasteiger partial charge < -0.3 is 9.47 Å². The average molecular weight is 445 g/mol. The van der Waals surface area contributed by atoms with Crippen molar-refractivity contribution in [3.8, 4) is 33.9 Å². The van der Waals surface area contributed by atoms with Crippen LogP contribution >= 0.6 is 11.3 Å². The number of hydrogen-bond donors (Lipinski definition) is 1. The molecule has 4 rings (SSSR count). The first-order chi connectivity index (χ1) is 15.5. The number of aromatic nitrogens is 1. The van der Waals surface area contributed by atoms with Crippen LogP contribution in [0.5, 0.6) is 11.5 Å². The summed E-state index contributed by atoms with van der Waals surface area (Å²) in [5.41, 5.74) is 5.42. The number of methoxy groups -OCH3 is 2. The number of amides is 1. The number of hydrogen-bond acceptors (Lipinski definition) is 5. The SMILES string of the molecule is COc1ccc(-c2cccc(C(=O)Nc3nc(-c4ccc(OC)cc4)c(C)s3)c2C)cc1. The van der Waals surface area contributed by atoms with Gasteiger partial charge in [-0.05, 0) is 73.0 Å². The number of anilines is 1. The fraction of sp³-hybridized carbons (Fsp3) is 0.154. The molecule has 4 aromatic rings. The van der Waals surface area contributed by atoms with Gasteiger partial charge in [-0.25, -0.2) is 4.98 Å². The van der Waals surface area contributed by atoms with Crippen LogP contribution in [0.2, 0.25) is 0 Å². The Morgan fingerprint density at radius 2 is 1.44 bits per heavy atom. The fourth-order valence-corrected chi connectivity index (χ4v) is 4.43. The van der Waals surface area contributed by atoms with Gasteiger partial charge >= 0.3 is 0 Å². The monoisotopic (exact) mass is 444 g/mol. The van der Waals surface area contributed by atoms with Gasteiger partial charge in [-0.1, -0.05) is 24.3 Å². The van der Waals surface area contributed by atoms with Gasteiger partial charge in [-0.15, -0.1) is 11.3 Å². The average Bonchev–Trinajstić information content (AvgIpc) is 3.19. The number of nitrogens with zero attached hydrogens (tertiary/aromatic N) is 1. The number of thiazole rings is 1. The largest absolute Gasteiger partial charge is 0.497 e. The molecule has 0 aliphatic rings. The summed E-state index contributed by atoms with van der Waals surface area (Å²) in [4.78, 5) is 18.8. The van der Waals surface area contributed by atoms with Gasteiger partial charge in [0.15, 0.2) is 5.13 Å². The number of carbonyl (C=O) groups excluding carboxylic acids is 1. The van der Waals surface area contributed by atoms with Gasteiger partial charge in [-0.2, -0.15) is 0 Å². The van der Waals surface area contributed by atoms with Crippen LogP contribution in [0, 0.1) is 13.8 Å². The molecule has 0 saturated carbocycles. The standard InChI is InChI=1S/C26H24N2O3S/c1-16-22(18-8-12-20(30-3)13-9-18)6-5-7-23(16)25(29)28-26-27-24(17(2)32-26)19-10-14-21(31-4)15-11-19/h5-15H,1-4H3,(H,27,28,29). The van der Waals surface area contributed by atoms with E-state index in [0.717, 1.165) is 44.3 Å². The van der Waals surface area contributed by atoms with E-state index in [9.17, 15) is 4.79 Å². The lowest BCUT2D eigenvalue weighted by Crippen LogP contribution is -2.13. The van der Waals surface area contributed by atoms with Gasteiger partial charge in [0, 0.05) is 16.0 Å². The molecular weight excluding hydrogens is 420 g/mol. The first-order valence-electron chi connectivity index (χ1n) is 10.2. The summed E-state index contributed by atoms with van der Waals surface area (Å²) in [5.74, 6) is 1.42.